The van der Waals surface area contributed by atoms with Crippen molar-refractivity contribution in [2.45, 2.75) is 83.5 Å². The SMILES string of the molecule is CCCCCCCCc1nc(-c2ncc(NC(=O)Nc3cnc4ccnn4c3C3CCCC3)cc2Cl)no1. The predicted octanol–water partition coefficient (Wildman–Crippen LogP) is 7.03. The molecule has 1 fully saturated rings. The van der Waals surface area contributed by atoms with Gasteiger partial charge in [-0.3, -0.25) is 0 Å². The van der Waals surface area contributed by atoms with E-state index in [9.17, 15) is 4.79 Å². The number of carbonyl (C=O) groups excluding carboxylic acids is 1. The quantitative estimate of drug-likeness (QED) is 0.197. The van der Waals surface area contributed by atoms with Crippen LogP contribution in [-0.4, -0.2) is 35.8 Å². The van der Waals surface area contributed by atoms with Crippen molar-refractivity contribution in [3.8, 4) is 11.5 Å². The highest BCUT2D eigenvalue weighted by Gasteiger charge is 2.25. The van der Waals surface area contributed by atoms with Crippen molar-refractivity contribution in [3.63, 3.8) is 0 Å². The number of unbranched alkanes of at least 4 members (excludes halogenated alkanes) is 5. The molecule has 200 valence electrons. The second kappa shape index (κ2) is 12.3. The summed E-state index contributed by atoms with van der Waals surface area (Å²) in [6.07, 6.45) is 17.3. The van der Waals surface area contributed by atoms with Crippen LogP contribution in [0.4, 0.5) is 16.2 Å². The maximum Gasteiger partial charge on any atom is 0.323 e. The van der Waals surface area contributed by atoms with Gasteiger partial charge in [0.05, 0.1) is 40.7 Å². The standard InChI is InChI=1S/C27H33ClN8O2/c1-2-3-4-5-6-7-12-23-34-26(35-38-23)24-20(28)15-19(16-30-24)32-27(37)33-21-17-29-22-13-14-31-36(22)25(21)18-10-8-9-11-18/h13-18H,2-12H2,1H3,(H2,32,33,37). The van der Waals surface area contributed by atoms with Crippen molar-refractivity contribution in [2.75, 3.05) is 10.6 Å². The van der Waals surface area contributed by atoms with Crippen LogP contribution < -0.4 is 10.6 Å². The second-order valence-corrected chi connectivity index (χ2v) is 10.2. The summed E-state index contributed by atoms with van der Waals surface area (Å²) < 4.78 is 7.21. The van der Waals surface area contributed by atoms with E-state index < -0.39 is 6.03 Å². The number of amides is 2. The summed E-state index contributed by atoms with van der Waals surface area (Å²) in [5.74, 6) is 1.24. The molecule has 0 spiro atoms. The van der Waals surface area contributed by atoms with Crippen LogP contribution in [0, 0.1) is 0 Å². The Balaban J connectivity index is 1.21. The molecule has 1 saturated carbocycles. The molecule has 2 N–H and O–H groups in total. The Morgan fingerprint density at radius 3 is 2.74 bits per heavy atom. The van der Waals surface area contributed by atoms with E-state index in [1.54, 1.807) is 18.5 Å². The number of aromatic nitrogens is 6. The Hall–Kier alpha value is -3.53. The number of hydrogen-bond acceptors (Lipinski definition) is 7. The molecule has 0 saturated heterocycles. The van der Waals surface area contributed by atoms with E-state index >= 15 is 0 Å². The molecule has 5 rings (SSSR count). The number of aryl methyl sites for hydroxylation is 1. The Bertz CT molecular complexity index is 1380. The van der Waals surface area contributed by atoms with Gasteiger partial charge in [0.1, 0.15) is 5.69 Å². The normalized spacial score (nSPS) is 13.8. The first kappa shape index (κ1) is 26.1. The van der Waals surface area contributed by atoms with Gasteiger partial charge in [-0.25, -0.2) is 19.3 Å². The molecule has 4 heterocycles. The van der Waals surface area contributed by atoms with E-state index in [4.69, 9.17) is 16.1 Å². The summed E-state index contributed by atoms with van der Waals surface area (Å²) >= 11 is 6.48. The maximum absolute atomic E-state index is 12.9. The molecule has 1 aliphatic carbocycles. The van der Waals surface area contributed by atoms with Gasteiger partial charge in [0.15, 0.2) is 5.65 Å². The molecular formula is C27H33ClN8O2. The van der Waals surface area contributed by atoms with Crippen LogP contribution in [0.5, 0.6) is 0 Å². The number of nitrogens with one attached hydrogen (secondary N) is 2. The molecule has 0 unspecified atom stereocenters. The van der Waals surface area contributed by atoms with Gasteiger partial charge in [-0.1, -0.05) is 68.6 Å². The molecule has 0 bridgehead atoms. The zero-order valence-corrected chi connectivity index (χ0v) is 22.4. The third kappa shape index (κ3) is 6.12. The average molecular weight is 537 g/mol. The lowest BCUT2D eigenvalue weighted by atomic mass is 10.0. The smallest absolute Gasteiger partial charge is 0.323 e. The lowest BCUT2D eigenvalue weighted by Crippen LogP contribution is -2.22. The zero-order chi connectivity index (χ0) is 26.3. The van der Waals surface area contributed by atoms with Crippen molar-refractivity contribution in [3.05, 3.63) is 47.3 Å². The minimum Gasteiger partial charge on any atom is -0.339 e. The number of hydrogen-bond donors (Lipinski definition) is 2. The molecule has 38 heavy (non-hydrogen) atoms. The molecule has 4 aromatic heterocycles. The van der Waals surface area contributed by atoms with Crippen molar-refractivity contribution < 1.29 is 9.32 Å². The molecule has 0 aliphatic heterocycles. The highest BCUT2D eigenvalue weighted by molar-refractivity contribution is 6.33. The second-order valence-electron chi connectivity index (χ2n) is 9.80. The summed E-state index contributed by atoms with van der Waals surface area (Å²) in [6.45, 7) is 2.21. The van der Waals surface area contributed by atoms with E-state index in [2.05, 4.69) is 42.8 Å². The van der Waals surface area contributed by atoms with Crippen LogP contribution in [0.15, 0.2) is 35.2 Å². The maximum atomic E-state index is 12.9. The number of nitrogens with zero attached hydrogens (tertiary/aromatic N) is 6. The van der Waals surface area contributed by atoms with Gasteiger partial charge >= 0.3 is 6.03 Å². The fourth-order valence-electron chi connectivity index (χ4n) is 5.04. The summed E-state index contributed by atoms with van der Waals surface area (Å²) in [5.41, 5.74) is 3.25. The lowest BCUT2D eigenvalue weighted by molar-refractivity contribution is 0.262. The predicted molar refractivity (Wildman–Crippen MR) is 146 cm³/mol. The highest BCUT2D eigenvalue weighted by atomic mass is 35.5. The minimum absolute atomic E-state index is 0.320. The monoisotopic (exact) mass is 536 g/mol. The van der Waals surface area contributed by atoms with Crippen molar-refractivity contribution in [1.29, 1.82) is 0 Å². The first-order valence-corrected chi connectivity index (χ1v) is 13.9. The van der Waals surface area contributed by atoms with Crippen LogP contribution in [0.25, 0.3) is 17.2 Å². The highest BCUT2D eigenvalue weighted by Crippen LogP contribution is 2.37. The van der Waals surface area contributed by atoms with E-state index in [1.165, 1.54) is 44.7 Å². The molecular weight excluding hydrogens is 504 g/mol. The molecule has 10 nitrogen and oxygen atoms in total. The number of pyridine rings is 1. The third-order valence-electron chi connectivity index (χ3n) is 6.97. The summed E-state index contributed by atoms with van der Waals surface area (Å²) in [6, 6.07) is 3.07. The van der Waals surface area contributed by atoms with E-state index in [-0.39, 0.29) is 0 Å². The summed E-state index contributed by atoms with van der Waals surface area (Å²) in [7, 11) is 0. The van der Waals surface area contributed by atoms with Gasteiger partial charge in [-0.05, 0) is 25.3 Å². The Labute approximate surface area is 226 Å². The van der Waals surface area contributed by atoms with Gasteiger partial charge in [-0.15, -0.1) is 0 Å². The van der Waals surface area contributed by atoms with Gasteiger partial charge in [0.25, 0.3) is 0 Å². The van der Waals surface area contributed by atoms with Gasteiger partial charge in [0, 0.05) is 18.4 Å². The molecule has 0 aromatic carbocycles. The van der Waals surface area contributed by atoms with E-state index in [0.717, 1.165) is 43.4 Å². The molecule has 2 amide bonds. The van der Waals surface area contributed by atoms with Crippen LogP contribution in [0.3, 0.4) is 0 Å². The fourth-order valence-corrected chi connectivity index (χ4v) is 5.29. The van der Waals surface area contributed by atoms with Crippen molar-refractivity contribution in [1.82, 2.24) is 29.7 Å². The fraction of sp³-hybridized carbons (Fsp3) is 0.481. The van der Waals surface area contributed by atoms with E-state index in [1.807, 2.05) is 10.6 Å². The molecule has 0 radical (unpaired) electrons. The summed E-state index contributed by atoms with van der Waals surface area (Å²) in [4.78, 5) is 26.1. The zero-order valence-electron chi connectivity index (χ0n) is 21.6. The number of carbonyl (C=O) groups is 1. The van der Waals surface area contributed by atoms with Gasteiger partial charge in [-0.2, -0.15) is 10.1 Å². The van der Waals surface area contributed by atoms with E-state index in [0.29, 0.717) is 39.7 Å². The lowest BCUT2D eigenvalue weighted by Gasteiger charge is -2.17. The molecule has 0 atom stereocenters. The Morgan fingerprint density at radius 2 is 1.92 bits per heavy atom. The Morgan fingerprint density at radius 1 is 1.11 bits per heavy atom. The first-order valence-electron chi connectivity index (χ1n) is 13.5. The van der Waals surface area contributed by atoms with Crippen LogP contribution in [0.2, 0.25) is 5.02 Å². The van der Waals surface area contributed by atoms with Crippen LogP contribution >= 0.6 is 11.6 Å². The average Bonchev–Trinajstić information content (AvgIpc) is 3.68. The number of urea groups is 1. The largest absolute Gasteiger partial charge is 0.339 e. The van der Waals surface area contributed by atoms with Gasteiger partial charge in [0.2, 0.25) is 11.7 Å². The van der Waals surface area contributed by atoms with Crippen LogP contribution in [-0.2, 0) is 6.42 Å². The minimum atomic E-state index is -0.413. The van der Waals surface area contributed by atoms with Crippen molar-refractivity contribution >= 4 is 34.7 Å². The molecule has 4 aromatic rings. The van der Waals surface area contributed by atoms with Gasteiger partial charge < -0.3 is 15.2 Å². The third-order valence-corrected chi connectivity index (χ3v) is 7.25. The molecule has 11 heteroatoms. The van der Waals surface area contributed by atoms with Crippen LogP contribution in [0.1, 0.15) is 88.6 Å². The topological polar surface area (TPSA) is 123 Å². The number of anilines is 2. The number of rotatable bonds is 11. The number of fused-ring (bicyclic) bond motifs is 1. The number of halogens is 1. The Kier molecular flexibility index (Phi) is 8.47. The summed E-state index contributed by atoms with van der Waals surface area (Å²) in [5, 5.41) is 14.5. The first-order chi connectivity index (χ1) is 18.6. The molecule has 1 aliphatic rings. The van der Waals surface area contributed by atoms with Crippen molar-refractivity contribution in [2.24, 2.45) is 0 Å².